The van der Waals surface area contributed by atoms with Crippen LogP contribution >= 0.6 is 0 Å². The number of ether oxygens (including phenoxy) is 1. The fourth-order valence-electron chi connectivity index (χ4n) is 1.93. The number of amides is 1. The van der Waals surface area contributed by atoms with E-state index in [9.17, 15) is 18.0 Å². The van der Waals surface area contributed by atoms with Gasteiger partial charge in [0.2, 0.25) is 0 Å². The van der Waals surface area contributed by atoms with Crippen LogP contribution in [0.4, 0.5) is 18.9 Å². The van der Waals surface area contributed by atoms with Crippen LogP contribution in [-0.2, 0) is 6.18 Å². The maximum Gasteiger partial charge on any atom is 0.416 e. The lowest BCUT2D eigenvalue weighted by atomic mass is 10.1. The zero-order valence-electron chi connectivity index (χ0n) is 12.6. The second-order valence-corrected chi connectivity index (χ2v) is 5.22. The van der Waals surface area contributed by atoms with E-state index in [-0.39, 0.29) is 11.8 Å². The van der Waals surface area contributed by atoms with Crippen molar-refractivity contribution in [1.29, 1.82) is 0 Å². The van der Waals surface area contributed by atoms with E-state index in [1.165, 1.54) is 12.1 Å². The second-order valence-electron chi connectivity index (χ2n) is 5.22. The fraction of sp³-hybridized carbons (Fsp3) is 0.235. The molecule has 0 aliphatic rings. The normalized spacial score (nSPS) is 11.4. The van der Waals surface area contributed by atoms with E-state index in [1.54, 1.807) is 24.3 Å². The minimum absolute atomic E-state index is 0.0137. The van der Waals surface area contributed by atoms with E-state index < -0.39 is 17.6 Å². The molecular weight excluding hydrogens is 307 g/mol. The lowest BCUT2D eigenvalue weighted by Crippen LogP contribution is -2.13. The molecule has 0 aliphatic heterocycles. The van der Waals surface area contributed by atoms with E-state index in [0.29, 0.717) is 11.3 Å². The molecule has 0 spiro atoms. The monoisotopic (exact) mass is 323 g/mol. The number of alkyl halides is 3. The fourth-order valence-corrected chi connectivity index (χ4v) is 1.93. The highest BCUT2D eigenvalue weighted by Gasteiger charge is 2.30. The highest BCUT2D eigenvalue weighted by atomic mass is 19.4. The van der Waals surface area contributed by atoms with Crippen molar-refractivity contribution in [2.45, 2.75) is 26.1 Å². The average molecular weight is 323 g/mol. The number of rotatable bonds is 4. The topological polar surface area (TPSA) is 38.3 Å². The number of hydrogen-bond acceptors (Lipinski definition) is 2. The maximum atomic E-state index is 12.7. The maximum absolute atomic E-state index is 12.7. The van der Waals surface area contributed by atoms with Gasteiger partial charge < -0.3 is 10.1 Å². The van der Waals surface area contributed by atoms with Crippen LogP contribution in [0.1, 0.15) is 29.8 Å². The lowest BCUT2D eigenvalue weighted by Gasteiger charge is -2.11. The third-order valence-corrected chi connectivity index (χ3v) is 2.94. The predicted molar refractivity (Wildman–Crippen MR) is 81.6 cm³/mol. The van der Waals surface area contributed by atoms with Crippen molar-refractivity contribution in [2.75, 3.05) is 5.32 Å². The van der Waals surface area contributed by atoms with Crippen LogP contribution in [-0.4, -0.2) is 12.0 Å². The largest absolute Gasteiger partial charge is 0.491 e. The van der Waals surface area contributed by atoms with Crippen molar-refractivity contribution in [3.8, 4) is 5.75 Å². The summed E-state index contributed by atoms with van der Waals surface area (Å²) in [4.78, 5) is 12.1. The molecule has 0 atom stereocenters. The Morgan fingerprint density at radius 1 is 1.09 bits per heavy atom. The molecule has 1 N–H and O–H groups in total. The number of nitrogens with one attached hydrogen (secondary N) is 1. The first kappa shape index (κ1) is 16.9. The molecular formula is C17H16F3NO2. The van der Waals surface area contributed by atoms with Gasteiger partial charge in [0.05, 0.1) is 11.7 Å². The Bertz CT molecular complexity index is 679. The molecule has 0 heterocycles. The smallest absolute Gasteiger partial charge is 0.416 e. The Labute approximate surface area is 132 Å². The van der Waals surface area contributed by atoms with E-state index in [0.717, 1.165) is 12.1 Å². The van der Waals surface area contributed by atoms with Gasteiger partial charge in [-0.25, -0.2) is 0 Å². The third-order valence-electron chi connectivity index (χ3n) is 2.94. The molecule has 3 nitrogen and oxygen atoms in total. The second kappa shape index (κ2) is 6.73. The number of anilines is 1. The number of carbonyl (C=O) groups excluding carboxylic acids is 1. The van der Waals surface area contributed by atoms with Crippen molar-refractivity contribution in [2.24, 2.45) is 0 Å². The molecule has 2 aromatic rings. The highest BCUT2D eigenvalue weighted by molar-refractivity contribution is 6.04. The Balaban J connectivity index is 2.10. The van der Waals surface area contributed by atoms with Crippen molar-refractivity contribution in [1.82, 2.24) is 0 Å². The van der Waals surface area contributed by atoms with Crippen LogP contribution in [0.15, 0.2) is 48.5 Å². The van der Waals surface area contributed by atoms with Crippen molar-refractivity contribution < 1.29 is 22.7 Å². The van der Waals surface area contributed by atoms with Gasteiger partial charge in [0.15, 0.2) is 0 Å². The molecule has 0 aliphatic carbocycles. The van der Waals surface area contributed by atoms with Gasteiger partial charge in [-0.15, -0.1) is 0 Å². The summed E-state index contributed by atoms with van der Waals surface area (Å²) in [5, 5.41) is 2.45. The Hall–Kier alpha value is -2.50. The zero-order chi connectivity index (χ0) is 17.0. The van der Waals surface area contributed by atoms with Gasteiger partial charge in [-0.1, -0.05) is 6.07 Å². The van der Waals surface area contributed by atoms with Crippen LogP contribution in [0.2, 0.25) is 0 Å². The van der Waals surface area contributed by atoms with E-state index >= 15 is 0 Å². The van der Waals surface area contributed by atoms with Gasteiger partial charge in [0.1, 0.15) is 5.75 Å². The summed E-state index contributed by atoms with van der Waals surface area (Å²) in [6.07, 6.45) is -4.43. The molecule has 122 valence electrons. The molecule has 6 heteroatoms. The van der Waals surface area contributed by atoms with E-state index in [2.05, 4.69) is 5.32 Å². The summed E-state index contributed by atoms with van der Waals surface area (Å²) in [5.41, 5.74) is -0.387. The van der Waals surface area contributed by atoms with Gasteiger partial charge in [-0.2, -0.15) is 13.2 Å². The van der Waals surface area contributed by atoms with Crippen molar-refractivity contribution in [3.05, 3.63) is 59.7 Å². The van der Waals surface area contributed by atoms with Gasteiger partial charge >= 0.3 is 6.18 Å². The summed E-state index contributed by atoms with van der Waals surface area (Å²) in [6.45, 7) is 3.77. The standard InChI is InChI=1S/C17H16F3NO2/c1-11(2)23-15-8-6-12(7-9-15)16(22)21-14-5-3-4-13(10-14)17(18,19)20/h3-11H,1-2H3,(H,21,22). The molecule has 23 heavy (non-hydrogen) atoms. The summed E-state index contributed by atoms with van der Waals surface area (Å²) in [7, 11) is 0. The average Bonchev–Trinajstić information content (AvgIpc) is 2.46. The Morgan fingerprint density at radius 3 is 2.30 bits per heavy atom. The van der Waals surface area contributed by atoms with Gasteiger partial charge in [-0.3, -0.25) is 4.79 Å². The minimum atomic E-state index is -4.45. The first-order valence-corrected chi connectivity index (χ1v) is 7.01. The van der Waals surface area contributed by atoms with Gasteiger partial charge in [-0.05, 0) is 56.3 Å². The van der Waals surface area contributed by atoms with E-state index in [4.69, 9.17) is 4.74 Å². The summed E-state index contributed by atoms with van der Waals surface area (Å²) >= 11 is 0. The predicted octanol–water partition coefficient (Wildman–Crippen LogP) is 4.74. The minimum Gasteiger partial charge on any atom is -0.491 e. The van der Waals surface area contributed by atoms with Gasteiger partial charge in [0, 0.05) is 11.3 Å². The molecule has 2 aromatic carbocycles. The van der Waals surface area contributed by atoms with E-state index in [1.807, 2.05) is 13.8 Å². The highest BCUT2D eigenvalue weighted by Crippen LogP contribution is 2.30. The molecule has 0 saturated heterocycles. The lowest BCUT2D eigenvalue weighted by molar-refractivity contribution is -0.137. The first-order chi connectivity index (χ1) is 10.8. The Kier molecular flexibility index (Phi) is 4.93. The van der Waals surface area contributed by atoms with Crippen LogP contribution in [0.25, 0.3) is 0 Å². The molecule has 0 bridgehead atoms. The molecule has 0 saturated carbocycles. The SMILES string of the molecule is CC(C)Oc1ccc(C(=O)Nc2cccc(C(F)(F)F)c2)cc1. The first-order valence-electron chi connectivity index (χ1n) is 7.01. The molecule has 0 radical (unpaired) electrons. The number of halogens is 3. The number of benzene rings is 2. The van der Waals surface area contributed by atoms with Crippen molar-refractivity contribution in [3.63, 3.8) is 0 Å². The molecule has 2 rings (SSSR count). The van der Waals surface area contributed by atoms with Crippen LogP contribution in [0.5, 0.6) is 5.75 Å². The molecule has 0 aromatic heterocycles. The van der Waals surface area contributed by atoms with Crippen molar-refractivity contribution >= 4 is 11.6 Å². The van der Waals surface area contributed by atoms with Crippen LogP contribution in [0, 0.1) is 0 Å². The third kappa shape index (κ3) is 4.74. The number of hydrogen-bond donors (Lipinski definition) is 1. The van der Waals surface area contributed by atoms with Crippen LogP contribution < -0.4 is 10.1 Å². The van der Waals surface area contributed by atoms with Gasteiger partial charge in [0.25, 0.3) is 5.91 Å². The van der Waals surface area contributed by atoms with Crippen LogP contribution in [0.3, 0.4) is 0 Å². The molecule has 0 unspecified atom stereocenters. The zero-order valence-corrected chi connectivity index (χ0v) is 12.6. The summed E-state index contributed by atoms with van der Waals surface area (Å²) in [6, 6.07) is 10.9. The number of carbonyl (C=O) groups is 1. The summed E-state index contributed by atoms with van der Waals surface area (Å²) < 4.78 is 43.4. The molecule has 0 fully saturated rings. The Morgan fingerprint density at radius 2 is 1.74 bits per heavy atom. The quantitative estimate of drug-likeness (QED) is 0.882. The summed E-state index contributed by atoms with van der Waals surface area (Å²) in [5.74, 6) is 0.135. The molecule has 1 amide bonds.